The van der Waals surface area contributed by atoms with Crippen LogP contribution in [0.5, 0.6) is 0 Å². The summed E-state index contributed by atoms with van der Waals surface area (Å²) in [5.41, 5.74) is 0.143. The number of aromatic nitrogens is 2. The lowest BCUT2D eigenvalue weighted by atomic mass is 10.1. The number of furan rings is 1. The highest BCUT2D eigenvalue weighted by molar-refractivity contribution is 6.30. The number of hydrogen-bond acceptors (Lipinski definition) is 5. The maximum absolute atomic E-state index is 13.4. The highest BCUT2D eigenvalue weighted by Crippen LogP contribution is 2.23. The summed E-state index contributed by atoms with van der Waals surface area (Å²) in [5, 5.41) is 0.808. The molecule has 0 saturated carbocycles. The summed E-state index contributed by atoms with van der Waals surface area (Å²) >= 11 is 6.00. The van der Waals surface area contributed by atoms with Crippen molar-refractivity contribution in [3.8, 4) is 11.4 Å². The van der Waals surface area contributed by atoms with Gasteiger partial charge in [-0.15, -0.1) is 0 Å². The second-order valence-electron chi connectivity index (χ2n) is 6.52. The van der Waals surface area contributed by atoms with E-state index in [1.807, 2.05) is 0 Å². The Morgan fingerprint density at radius 2 is 1.76 bits per heavy atom. The van der Waals surface area contributed by atoms with Gasteiger partial charge < -0.3 is 8.83 Å². The van der Waals surface area contributed by atoms with E-state index in [0.717, 1.165) is 0 Å². The molecule has 0 unspecified atom stereocenters. The quantitative estimate of drug-likeness (QED) is 0.415. The minimum Gasteiger partial charge on any atom is -0.467 e. The Balaban J connectivity index is 1.88. The van der Waals surface area contributed by atoms with Gasteiger partial charge in [0.25, 0.3) is 5.56 Å². The van der Waals surface area contributed by atoms with E-state index < -0.39 is 11.0 Å². The molecule has 3 aromatic heterocycles. The number of nitrogens with zero attached hydrogens (tertiary/aromatic N) is 2. The van der Waals surface area contributed by atoms with Gasteiger partial charge in [-0.2, -0.15) is 4.98 Å². The van der Waals surface area contributed by atoms with Crippen LogP contribution in [-0.4, -0.2) is 9.55 Å². The van der Waals surface area contributed by atoms with Gasteiger partial charge >= 0.3 is 0 Å². The average molecular weight is 405 g/mol. The molecule has 0 atom stereocenters. The topological polar surface area (TPSA) is 78.2 Å². The molecule has 7 heteroatoms. The van der Waals surface area contributed by atoms with Gasteiger partial charge in [0.05, 0.1) is 18.2 Å². The summed E-state index contributed by atoms with van der Waals surface area (Å²) in [4.78, 5) is 30.9. The summed E-state index contributed by atoms with van der Waals surface area (Å²) < 4.78 is 12.6. The smallest absolute Gasteiger partial charge is 0.269 e. The maximum atomic E-state index is 13.4. The maximum Gasteiger partial charge on any atom is 0.269 e. The molecule has 0 bridgehead atoms. The lowest BCUT2D eigenvalue weighted by Gasteiger charge is -2.12. The normalized spacial score (nSPS) is 11.3. The first kappa shape index (κ1) is 17.5. The van der Waals surface area contributed by atoms with Crippen LogP contribution in [0, 0.1) is 0 Å². The van der Waals surface area contributed by atoms with Crippen LogP contribution in [0.1, 0.15) is 5.76 Å². The van der Waals surface area contributed by atoms with Crippen LogP contribution in [0.2, 0.25) is 5.02 Å². The van der Waals surface area contributed by atoms with Gasteiger partial charge in [0.15, 0.2) is 5.39 Å². The molecule has 0 N–H and O–H groups in total. The monoisotopic (exact) mass is 404 g/mol. The van der Waals surface area contributed by atoms with Gasteiger partial charge in [-0.3, -0.25) is 14.2 Å². The Bertz CT molecular complexity index is 1470. The summed E-state index contributed by atoms with van der Waals surface area (Å²) in [5.74, 6) is 0.919. The first-order valence-electron chi connectivity index (χ1n) is 8.86. The SMILES string of the molecule is O=c1c2ccccc2oc2nc(-c3ccc(Cl)cc3)n(Cc3ccco3)c(=O)c12. The van der Waals surface area contributed by atoms with Crippen LogP contribution in [0.3, 0.4) is 0 Å². The van der Waals surface area contributed by atoms with Crippen molar-refractivity contribution in [1.29, 1.82) is 0 Å². The zero-order valence-corrected chi connectivity index (χ0v) is 15.7. The first-order chi connectivity index (χ1) is 14.1. The third kappa shape index (κ3) is 2.94. The van der Waals surface area contributed by atoms with E-state index in [9.17, 15) is 9.59 Å². The van der Waals surface area contributed by atoms with Crippen molar-refractivity contribution in [2.45, 2.75) is 6.54 Å². The molecule has 142 valence electrons. The molecule has 2 aromatic carbocycles. The van der Waals surface area contributed by atoms with Gasteiger partial charge in [-0.05, 0) is 48.5 Å². The molecule has 5 rings (SSSR count). The Kier molecular flexibility index (Phi) is 4.07. The number of para-hydroxylation sites is 1. The van der Waals surface area contributed by atoms with E-state index in [4.69, 9.17) is 20.4 Å². The molecule has 0 aliphatic heterocycles. The zero-order chi connectivity index (χ0) is 20.0. The molecular formula is C22H13ClN2O4. The van der Waals surface area contributed by atoms with Crippen LogP contribution >= 0.6 is 11.6 Å². The Labute approximate surface area is 168 Å². The molecule has 0 saturated heterocycles. The predicted molar refractivity (Wildman–Crippen MR) is 110 cm³/mol. The Hall–Kier alpha value is -3.64. The fourth-order valence-corrected chi connectivity index (χ4v) is 3.44. The standard InChI is InChI=1S/C22H13ClN2O4/c23-14-9-7-13(8-10-14)20-24-21-18(19(26)16-5-1-2-6-17(16)29-21)22(27)25(20)12-15-4-3-11-28-15/h1-11H,12H2. The number of rotatable bonds is 3. The van der Waals surface area contributed by atoms with E-state index in [-0.39, 0.29) is 17.6 Å². The van der Waals surface area contributed by atoms with Crippen LogP contribution < -0.4 is 11.0 Å². The highest BCUT2D eigenvalue weighted by atomic mass is 35.5. The number of hydrogen-bond donors (Lipinski definition) is 0. The lowest BCUT2D eigenvalue weighted by Crippen LogP contribution is -2.28. The molecule has 6 nitrogen and oxygen atoms in total. The number of benzene rings is 2. The number of fused-ring (bicyclic) bond motifs is 2. The fourth-order valence-electron chi connectivity index (χ4n) is 3.31. The van der Waals surface area contributed by atoms with E-state index in [1.165, 1.54) is 10.8 Å². The zero-order valence-electron chi connectivity index (χ0n) is 15.0. The third-order valence-electron chi connectivity index (χ3n) is 4.70. The van der Waals surface area contributed by atoms with Crippen molar-refractivity contribution < 1.29 is 8.83 Å². The van der Waals surface area contributed by atoms with Crippen LogP contribution in [-0.2, 0) is 6.54 Å². The minimum absolute atomic E-state index is 0.000607. The van der Waals surface area contributed by atoms with Crippen molar-refractivity contribution in [2.75, 3.05) is 0 Å². The van der Waals surface area contributed by atoms with Crippen molar-refractivity contribution in [3.63, 3.8) is 0 Å². The van der Waals surface area contributed by atoms with E-state index in [2.05, 4.69) is 4.98 Å². The lowest BCUT2D eigenvalue weighted by molar-refractivity contribution is 0.489. The summed E-state index contributed by atoms with van der Waals surface area (Å²) in [6, 6.07) is 17.2. The van der Waals surface area contributed by atoms with Crippen molar-refractivity contribution in [1.82, 2.24) is 9.55 Å². The van der Waals surface area contributed by atoms with E-state index in [1.54, 1.807) is 60.7 Å². The van der Waals surface area contributed by atoms with Gasteiger partial charge in [0.2, 0.25) is 11.1 Å². The van der Waals surface area contributed by atoms with Gasteiger partial charge in [-0.1, -0.05) is 23.7 Å². The largest absolute Gasteiger partial charge is 0.467 e. The average Bonchev–Trinajstić information content (AvgIpc) is 3.24. The van der Waals surface area contributed by atoms with Gasteiger partial charge in [-0.25, -0.2) is 0 Å². The van der Waals surface area contributed by atoms with Crippen molar-refractivity contribution in [2.24, 2.45) is 0 Å². The first-order valence-corrected chi connectivity index (χ1v) is 9.24. The second kappa shape index (κ2) is 6.76. The molecule has 3 heterocycles. The molecule has 0 fully saturated rings. The molecule has 5 aromatic rings. The number of halogens is 1. The van der Waals surface area contributed by atoms with Crippen molar-refractivity contribution >= 4 is 33.7 Å². The highest BCUT2D eigenvalue weighted by Gasteiger charge is 2.19. The van der Waals surface area contributed by atoms with Gasteiger partial charge in [0.1, 0.15) is 17.2 Å². The predicted octanol–water partition coefficient (Wildman–Crippen LogP) is 4.46. The molecule has 0 aliphatic carbocycles. The third-order valence-corrected chi connectivity index (χ3v) is 4.95. The van der Waals surface area contributed by atoms with Crippen molar-refractivity contribution in [3.05, 3.63) is 98.3 Å². The summed E-state index contributed by atoms with van der Waals surface area (Å²) in [7, 11) is 0. The minimum atomic E-state index is -0.490. The fraction of sp³-hybridized carbons (Fsp3) is 0.0455. The molecule has 0 radical (unpaired) electrons. The van der Waals surface area contributed by atoms with Crippen LogP contribution in [0.4, 0.5) is 0 Å². The Morgan fingerprint density at radius 3 is 2.52 bits per heavy atom. The second-order valence-corrected chi connectivity index (χ2v) is 6.96. The summed E-state index contributed by atoms with van der Waals surface area (Å²) in [6.07, 6.45) is 1.53. The van der Waals surface area contributed by atoms with Crippen LogP contribution in [0.25, 0.3) is 33.5 Å². The molecule has 29 heavy (non-hydrogen) atoms. The van der Waals surface area contributed by atoms with E-state index in [0.29, 0.717) is 33.1 Å². The van der Waals surface area contributed by atoms with E-state index >= 15 is 0 Å². The van der Waals surface area contributed by atoms with Crippen LogP contribution in [0.15, 0.2) is 85.4 Å². The molecule has 0 amide bonds. The Morgan fingerprint density at radius 1 is 0.966 bits per heavy atom. The molecule has 0 spiro atoms. The summed E-state index contributed by atoms with van der Waals surface area (Å²) in [6.45, 7) is 0.124. The molecular weight excluding hydrogens is 392 g/mol. The van der Waals surface area contributed by atoms with Gasteiger partial charge in [0, 0.05) is 10.6 Å². The molecule has 0 aliphatic rings.